The summed E-state index contributed by atoms with van der Waals surface area (Å²) in [4.78, 5) is 41.5. The standard InChI is InChI=1S/C23H39N5O5/c1-21(2,3)15-17(25-19(30)27-11-13-32-14-12-27)18(29)26-23(16-24)7-9-28(10-8-23)20(31)33-22(4,5)6/h17H,7-15H2,1-6H3,(H,25,30)(H,26,29)/t17-/m0/s1. The maximum absolute atomic E-state index is 13.2. The Labute approximate surface area is 196 Å². The zero-order valence-corrected chi connectivity index (χ0v) is 20.8. The summed E-state index contributed by atoms with van der Waals surface area (Å²) in [6.45, 7) is 13.9. The van der Waals surface area contributed by atoms with Crippen molar-refractivity contribution in [1.29, 1.82) is 5.26 Å². The lowest BCUT2D eigenvalue weighted by Crippen LogP contribution is -2.61. The van der Waals surface area contributed by atoms with Crippen molar-refractivity contribution < 1.29 is 23.9 Å². The molecule has 1 atom stereocenters. The van der Waals surface area contributed by atoms with Crippen LogP contribution in [0.15, 0.2) is 0 Å². The molecule has 0 aromatic heterocycles. The van der Waals surface area contributed by atoms with E-state index in [9.17, 15) is 19.6 Å². The highest BCUT2D eigenvalue weighted by atomic mass is 16.6. The van der Waals surface area contributed by atoms with Crippen LogP contribution in [0.1, 0.15) is 60.8 Å². The van der Waals surface area contributed by atoms with Crippen LogP contribution in [0.25, 0.3) is 0 Å². The molecule has 0 aromatic rings. The fourth-order valence-electron chi connectivity index (χ4n) is 3.81. The lowest BCUT2D eigenvalue weighted by Gasteiger charge is -2.39. The number of carbonyl (C=O) groups excluding carboxylic acids is 3. The number of amides is 4. The van der Waals surface area contributed by atoms with Crippen LogP contribution in [0.4, 0.5) is 9.59 Å². The van der Waals surface area contributed by atoms with Crippen molar-refractivity contribution in [3.05, 3.63) is 0 Å². The smallest absolute Gasteiger partial charge is 0.410 e. The molecule has 186 valence electrons. The van der Waals surface area contributed by atoms with E-state index >= 15 is 0 Å². The average Bonchev–Trinajstić information content (AvgIpc) is 2.72. The summed E-state index contributed by atoms with van der Waals surface area (Å²) in [5, 5.41) is 15.6. The largest absolute Gasteiger partial charge is 0.444 e. The predicted octanol–water partition coefficient (Wildman–Crippen LogP) is 2.24. The van der Waals surface area contributed by atoms with Gasteiger partial charge in [0.25, 0.3) is 0 Å². The molecule has 10 heteroatoms. The fourth-order valence-corrected chi connectivity index (χ4v) is 3.81. The first-order valence-corrected chi connectivity index (χ1v) is 11.6. The van der Waals surface area contributed by atoms with Gasteiger partial charge in [0.05, 0.1) is 19.3 Å². The molecule has 4 amide bonds. The summed E-state index contributed by atoms with van der Waals surface area (Å²) in [6, 6.07) is 1.15. The van der Waals surface area contributed by atoms with Gasteiger partial charge in [-0.3, -0.25) is 4.79 Å². The van der Waals surface area contributed by atoms with Crippen molar-refractivity contribution in [3.8, 4) is 6.07 Å². The zero-order valence-electron chi connectivity index (χ0n) is 20.8. The third-order valence-corrected chi connectivity index (χ3v) is 5.57. The highest BCUT2D eigenvalue weighted by Crippen LogP contribution is 2.25. The minimum absolute atomic E-state index is 0.222. The Morgan fingerprint density at radius 2 is 1.61 bits per heavy atom. The van der Waals surface area contributed by atoms with Crippen molar-refractivity contribution in [1.82, 2.24) is 20.4 Å². The average molecular weight is 466 g/mol. The quantitative estimate of drug-likeness (QED) is 0.656. The Kier molecular flexibility index (Phi) is 8.57. The fraction of sp³-hybridized carbons (Fsp3) is 0.826. The van der Waals surface area contributed by atoms with Crippen LogP contribution >= 0.6 is 0 Å². The predicted molar refractivity (Wildman–Crippen MR) is 122 cm³/mol. The number of nitrogens with zero attached hydrogens (tertiary/aromatic N) is 3. The van der Waals surface area contributed by atoms with E-state index in [1.807, 2.05) is 20.8 Å². The van der Waals surface area contributed by atoms with Crippen molar-refractivity contribution >= 4 is 18.0 Å². The maximum atomic E-state index is 13.2. The molecule has 0 radical (unpaired) electrons. The number of hydrogen-bond acceptors (Lipinski definition) is 6. The number of nitrogens with one attached hydrogen (secondary N) is 2. The monoisotopic (exact) mass is 465 g/mol. The Morgan fingerprint density at radius 3 is 2.09 bits per heavy atom. The van der Waals surface area contributed by atoms with Gasteiger partial charge < -0.3 is 29.9 Å². The van der Waals surface area contributed by atoms with Crippen molar-refractivity contribution in [2.75, 3.05) is 39.4 Å². The van der Waals surface area contributed by atoms with Gasteiger partial charge in [0.15, 0.2) is 0 Å². The summed E-state index contributed by atoms with van der Waals surface area (Å²) in [5.74, 6) is -0.390. The van der Waals surface area contributed by atoms with E-state index in [0.29, 0.717) is 45.8 Å². The second-order valence-electron chi connectivity index (χ2n) is 11.0. The lowest BCUT2D eigenvalue weighted by atomic mass is 9.85. The molecule has 0 spiro atoms. The molecule has 10 nitrogen and oxygen atoms in total. The number of piperidine rings is 1. The van der Waals surface area contributed by atoms with E-state index in [1.54, 1.807) is 30.6 Å². The molecule has 2 saturated heterocycles. The normalized spacial score (nSPS) is 19.8. The van der Waals surface area contributed by atoms with E-state index in [4.69, 9.17) is 9.47 Å². The van der Waals surface area contributed by atoms with Crippen molar-refractivity contribution in [3.63, 3.8) is 0 Å². The van der Waals surface area contributed by atoms with Crippen LogP contribution in [0.3, 0.4) is 0 Å². The first kappa shape index (κ1) is 26.7. The summed E-state index contributed by atoms with van der Waals surface area (Å²) in [5.41, 5.74) is -1.93. The van der Waals surface area contributed by atoms with Gasteiger partial charge >= 0.3 is 12.1 Å². The molecule has 0 aliphatic carbocycles. The van der Waals surface area contributed by atoms with Crippen LogP contribution in [0, 0.1) is 16.7 Å². The van der Waals surface area contributed by atoms with Crippen LogP contribution in [0.5, 0.6) is 0 Å². The van der Waals surface area contributed by atoms with Gasteiger partial charge in [-0.05, 0) is 32.6 Å². The summed E-state index contributed by atoms with van der Waals surface area (Å²) < 4.78 is 10.7. The van der Waals surface area contributed by atoms with Crippen LogP contribution < -0.4 is 10.6 Å². The molecule has 2 fully saturated rings. The number of rotatable bonds is 4. The number of carbonyl (C=O) groups is 3. The molecular formula is C23H39N5O5. The zero-order chi connectivity index (χ0) is 24.9. The SMILES string of the molecule is CC(C)(C)C[C@H](NC(=O)N1CCOCC1)C(=O)NC1(C#N)CCN(C(=O)OC(C)(C)C)CC1. The van der Waals surface area contributed by atoms with Crippen LogP contribution in [-0.2, 0) is 14.3 Å². The Morgan fingerprint density at radius 1 is 1.03 bits per heavy atom. The number of hydrogen-bond donors (Lipinski definition) is 2. The summed E-state index contributed by atoms with van der Waals surface area (Å²) in [7, 11) is 0. The molecule has 0 saturated carbocycles. The molecule has 0 bridgehead atoms. The van der Waals surface area contributed by atoms with E-state index in [2.05, 4.69) is 16.7 Å². The third kappa shape index (κ3) is 8.39. The molecule has 2 rings (SSSR count). The molecule has 0 aromatic carbocycles. The molecular weight excluding hydrogens is 426 g/mol. The minimum atomic E-state index is -1.10. The number of likely N-dealkylation sites (tertiary alicyclic amines) is 1. The molecule has 2 aliphatic heterocycles. The van der Waals surface area contributed by atoms with Gasteiger partial charge in [-0.15, -0.1) is 0 Å². The number of ether oxygens (including phenoxy) is 2. The topological polar surface area (TPSA) is 124 Å². The molecule has 2 heterocycles. The Balaban J connectivity index is 2.04. The lowest BCUT2D eigenvalue weighted by molar-refractivity contribution is -0.125. The number of nitriles is 1. The second kappa shape index (κ2) is 10.6. The van der Waals surface area contributed by atoms with E-state index in [1.165, 1.54) is 0 Å². The van der Waals surface area contributed by atoms with Crippen molar-refractivity contribution in [2.24, 2.45) is 5.41 Å². The van der Waals surface area contributed by atoms with Gasteiger partial charge in [-0.2, -0.15) is 5.26 Å². The number of morpholine rings is 1. The number of urea groups is 1. The first-order valence-electron chi connectivity index (χ1n) is 11.6. The molecule has 0 unspecified atom stereocenters. The van der Waals surface area contributed by atoms with Crippen LogP contribution in [-0.4, -0.2) is 84.4 Å². The highest BCUT2D eigenvalue weighted by molar-refractivity contribution is 5.88. The van der Waals surface area contributed by atoms with Gasteiger partial charge in [0.1, 0.15) is 17.2 Å². The second-order valence-corrected chi connectivity index (χ2v) is 11.0. The molecule has 33 heavy (non-hydrogen) atoms. The summed E-state index contributed by atoms with van der Waals surface area (Å²) >= 11 is 0. The van der Waals surface area contributed by atoms with Gasteiger partial charge in [-0.25, -0.2) is 9.59 Å². The Hall–Kier alpha value is -2.54. The van der Waals surface area contributed by atoms with E-state index in [-0.39, 0.29) is 30.2 Å². The first-order chi connectivity index (χ1) is 15.2. The maximum Gasteiger partial charge on any atom is 0.410 e. The molecule has 2 N–H and O–H groups in total. The van der Waals surface area contributed by atoms with Crippen molar-refractivity contribution in [2.45, 2.75) is 78.0 Å². The van der Waals surface area contributed by atoms with Crippen LogP contribution in [0.2, 0.25) is 0 Å². The summed E-state index contributed by atoms with van der Waals surface area (Å²) in [6.07, 6.45) is 0.562. The van der Waals surface area contributed by atoms with Gasteiger partial charge in [0, 0.05) is 39.0 Å². The van der Waals surface area contributed by atoms with Gasteiger partial charge in [0.2, 0.25) is 5.91 Å². The highest BCUT2D eigenvalue weighted by Gasteiger charge is 2.40. The van der Waals surface area contributed by atoms with E-state index < -0.39 is 23.3 Å². The minimum Gasteiger partial charge on any atom is -0.444 e. The van der Waals surface area contributed by atoms with E-state index in [0.717, 1.165) is 0 Å². The van der Waals surface area contributed by atoms with Gasteiger partial charge in [-0.1, -0.05) is 20.8 Å². The Bertz CT molecular complexity index is 751. The molecule has 2 aliphatic rings. The third-order valence-electron chi connectivity index (χ3n) is 5.57.